The van der Waals surface area contributed by atoms with E-state index in [1.807, 2.05) is 20.8 Å². The van der Waals surface area contributed by atoms with Crippen molar-refractivity contribution in [3.05, 3.63) is 12.0 Å². The van der Waals surface area contributed by atoms with Crippen LogP contribution in [0.1, 0.15) is 53.4 Å². The van der Waals surface area contributed by atoms with Gasteiger partial charge in [0, 0.05) is 13.0 Å². The number of hydrogen-bond acceptors (Lipinski definition) is 7. The number of rotatable bonds is 8. The zero-order valence-corrected chi connectivity index (χ0v) is 18.1. The molecule has 0 saturated heterocycles. The number of nitrogens with zero attached hydrogens (tertiary/aromatic N) is 2. The van der Waals surface area contributed by atoms with E-state index in [9.17, 15) is 9.18 Å². The summed E-state index contributed by atoms with van der Waals surface area (Å²) in [5.74, 6) is -0.532. The van der Waals surface area contributed by atoms with Crippen molar-refractivity contribution in [2.75, 3.05) is 6.61 Å². The molecule has 1 N–H and O–H groups in total. The molecule has 1 fully saturated rings. The summed E-state index contributed by atoms with van der Waals surface area (Å²) in [5, 5.41) is 3.23. The number of thiazole rings is 1. The van der Waals surface area contributed by atoms with Crippen LogP contribution in [0.15, 0.2) is 6.20 Å². The molecule has 1 saturated carbocycles. The topological polar surface area (TPSA) is 82.6 Å². The van der Waals surface area contributed by atoms with Gasteiger partial charge in [-0.3, -0.25) is 4.79 Å². The summed E-state index contributed by atoms with van der Waals surface area (Å²) in [6.07, 6.45) is 4.72. The van der Waals surface area contributed by atoms with Crippen LogP contribution in [0.4, 0.5) is 4.39 Å². The Morgan fingerprint density at radius 2 is 1.97 bits per heavy atom. The molecule has 0 radical (unpaired) electrons. The second-order valence-electron chi connectivity index (χ2n) is 7.69. The standard InChI is InChI=1S/C20H28FN3O4S/c1-11(2)27-20-24-16-9-22-19(17(21)18(16)29-20)28-15-7-5-14(6-8-15)26-10-12(3)23-13(4)25/h9,11-12,14-15H,5-8,10H2,1-4H3,(H,23,25)/t12-,14?,15?/m0/s1. The van der Waals surface area contributed by atoms with Gasteiger partial charge >= 0.3 is 0 Å². The number of hydrogen-bond donors (Lipinski definition) is 1. The highest BCUT2D eigenvalue weighted by atomic mass is 32.1. The van der Waals surface area contributed by atoms with Gasteiger partial charge in [0.2, 0.25) is 11.7 Å². The van der Waals surface area contributed by atoms with E-state index < -0.39 is 5.82 Å². The normalized spacial score (nSPS) is 20.6. The highest BCUT2D eigenvalue weighted by Crippen LogP contribution is 2.34. The third kappa shape index (κ3) is 5.99. The molecule has 2 heterocycles. The molecule has 0 unspecified atom stereocenters. The number of carbonyl (C=O) groups excluding carboxylic acids is 1. The van der Waals surface area contributed by atoms with Crippen molar-refractivity contribution >= 4 is 27.5 Å². The largest absolute Gasteiger partial charge is 0.472 e. The summed E-state index contributed by atoms with van der Waals surface area (Å²) in [7, 11) is 0. The monoisotopic (exact) mass is 425 g/mol. The molecular weight excluding hydrogens is 397 g/mol. The van der Waals surface area contributed by atoms with Gasteiger partial charge in [0.1, 0.15) is 16.3 Å². The Balaban J connectivity index is 1.53. The number of amides is 1. The predicted molar refractivity (Wildman–Crippen MR) is 109 cm³/mol. The first-order valence-corrected chi connectivity index (χ1v) is 10.8. The SMILES string of the molecule is CC(=O)N[C@@H](C)COC1CCC(Oc2ncc3nc(OC(C)C)sc3c2F)CC1. The van der Waals surface area contributed by atoms with Gasteiger partial charge in [-0.15, -0.1) is 0 Å². The number of fused-ring (bicyclic) bond motifs is 1. The van der Waals surface area contributed by atoms with Gasteiger partial charge in [-0.2, -0.15) is 4.39 Å². The van der Waals surface area contributed by atoms with Crippen molar-refractivity contribution in [2.24, 2.45) is 0 Å². The lowest BCUT2D eigenvalue weighted by molar-refractivity contribution is -0.120. The number of aromatic nitrogens is 2. The average molecular weight is 426 g/mol. The zero-order chi connectivity index (χ0) is 21.0. The highest BCUT2D eigenvalue weighted by Gasteiger charge is 2.26. The molecule has 160 valence electrons. The Morgan fingerprint density at radius 1 is 1.28 bits per heavy atom. The number of carbonyl (C=O) groups is 1. The predicted octanol–water partition coefficient (Wildman–Crippen LogP) is 3.85. The third-order valence-corrected chi connectivity index (χ3v) is 5.55. The highest BCUT2D eigenvalue weighted by molar-refractivity contribution is 7.20. The molecule has 1 aliphatic carbocycles. The number of ether oxygens (including phenoxy) is 3. The summed E-state index contributed by atoms with van der Waals surface area (Å²) in [6.45, 7) is 7.69. The lowest BCUT2D eigenvalue weighted by Crippen LogP contribution is -2.37. The third-order valence-electron chi connectivity index (χ3n) is 4.59. The first-order valence-electron chi connectivity index (χ1n) is 9.99. The molecule has 7 nitrogen and oxygen atoms in total. The van der Waals surface area contributed by atoms with Crippen LogP contribution in [0.2, 0.25) is 0 Å². The molecule has 0 bridgehead atoms. The fourth-order valence-electron chi connectivity index (χ4n) is 3.31. The van der Waals surface area contributed by atoms with Gasteiger partial charge in [0.05, 0.1) is 25.0 Å². The summed E-state index contributed by atoms with van der Waals surface area (Å²) in [6, 6.07) is -0.0181. The minimum Gasteiger partial charge on any atom is -0.472 e. The van der Waals surface area contributed by atoms with Gasteiger partial charge in [0.25, 0.3) is 11.1 Å². The molecule has 29 heavy (non-hydrogen) atoms. The van der Waals surface area contributed by atoms with E-state index in [0.717, 1.165) is 37.0 Å². The second kappa shape index (κ2) is 9.67. The van der Waals surface area contributed by atoms with Gasteiger partial charge in [-0.1, -0.05) is 11.3 Å². The molecule has 1 amide bonds. The maximum atomic E-state index is 14.8. The molecule has 0 aliphatic heterocycles. The molecule has 0 spiro atoms. The molecule has 9 heteroatoms. The molecule has 1 aliphatic rings. The second-order valence-corrected chi connectivity index (χ2v) is 8.65. The van der Waals surface area contributed by atoms with Crippen LogP contribution in [-0.4, -0.2) is 46.8 Å². The number of nitrogens with one attached hydrogen (secondary N) is 1. The number of pyridine rings is 1. The van der Waals surface area contributed by atoms with E-state index >= 15 is 0 Å². The minimum atomic E-state index is -0.485. The summed E-state index contributed by atoms with van der Waals surface area (Å²) in [5.41, 5.74) is 0.473. The van der Waals surface area contributed by atoms with Crippen molar-refractivity contribution in [2.45, 2.75) is 77.7 Å². The molecule has 3 rings (SSSR count). The Labute approximate surface area is 174 Å². The summed E-state index contributed by atoms with van der Waals surface area (Å²) >= 11 is 1.16. The van der Waals surface area contributed by atoms with E-state index in [0.29, 0.717) is 22.0 Å². The first-order chi connectivity index (χ1) is 13.8. The zero-order valence-electron chi connectivity index (χ0n) is 17.2. The molecular formula is C20H28FN3O4S. The van der Waals surface area contributed by atoms with E-state index in [1.54, 1.807) is 0 Å². The van der Waals surface area contributed by atoms with E-state index in [4.69, 9.17) is 14.2 Å². The first kappa shape index (κ1) is 21.7. The lowest BCUT2D eigenvalue weighted by atomic mass is 9.95. The van der Waals surface area contributed by atoms with E-state index in [-0.39, 0.29) is 36.1 Å². The summed E-state index contributed by atoms with van der Waals surface area (Å²) in [4.78, 5) is 19.4. The number of halogens is 1. The van der Waals surface area contributed by atoms with Crippen LogP contribution in [0, 0.1) is 5.82 Å². The van der Waals surface area contributed by atoms with Gasteiger partial charge in [-0.05, 0) is 46.5 Å². The van der Waals surface area contributed by atoms with Crippen LogP contribution < -0.4 is 14.8 Å². The lowest BCUT2D eigenvalue weighted by Gasteiger charge is -2.29. The van der Waals surface area contributed by atoms with Crippen molar-refractivity contribution in [1.82, 2.24) is 15.3 Å². The quantitative estimate of drug-likeness (QED) is 0.692. The van der Waals surface area contributed by atoms with Crippen molar-refractivity contribution < 1.29 is 23.4 Å². The Morgan fingerprint density at radius 3 is 2.62 bits per heavy atom. The van der Waals surface area contributed by atoms with Gasteiger partial charge < -0.3 is 19.5 Å². The Bertz CT molecular complexity index is 836. The van der Waals surface area contributed by atoms with Gasteiger partial charge in [0.15, 0.2) is 0 Å². The van der Waals surface area contributed by atoms with Crippen LogP contribution in [0.5, 0.6) is 11.1 Å². The molecule has 2 aromatic heterocycles. The fourth-order valence-corrected chi connectivity index (χ4v) is 4.25. The smallest absolute Gasteiger partial charge is 0.274 e. The van der Waals surface area contributed by atoms with E-state index in [1.165, 1.54) is 13.1 Å². The van der Waals surface area contributed by atoms with Crippen LogP contribution in [-0.2, 0) is 9.53 Å². The minimum absolute atomic E-state index is 0.0147. The van der Waals surface area contributed by atoms with Crippen molar-refractivity contribution in [3.63, 3.8) is 0 Å². The fraction of sp³-hybridized carbons (Fsp3) is 0.650. The maximum absolute atomic E-state index is 14.8. The van der Waals surface area contributed by atoms with Crippen molar-refractivity contribution in [1.29, 1.82) is 0 Å². The van der Waals surface area contributed by atoms with Crippen LogP contribution in [0.25, 0.3) is 10.2 Å². The average Bonchev–Trinajstić information content (AvgIpc) is 3.05. The van der Waals surface area contributed by atoms with Crippen LogP contribution >= 0.6 is 11.3 Å². The van der Waals surface area contributed by atoms with E-state index in [2.05, 4.69) is 15.3 Å². The van der Waals surface area contributed by atoms with Crippen molar-refractivity contribution in [3.8, 4) is 11.1 Å². The Hall–Kier alpha value is -2.00. The van der Waals surface area contributed by atoms with Crippen LogP contribution in [0.3, 0.4) is 0 Å². The Kier molecular flexibility index (Phi) is 7.23. The molecule has 2 aromatic rings. The molecule has 0 aromatic carbocycles. The maximum Gasteiger partial charge on any atom is 0.274 e. The summed E-state index contributed by atoms with van der Waals surface area (Å²) < 4.78 is 32.5. The van der Waals surface area contributed by atoms with Gasteiger partial charge in [-0.25, -0.2) is 9.97 Å². The molecule has 1 atom stereocenters.